The second-order valence-corrected chi connectivity index (χ2v) is 7.18. The molecule has 0 radical (unpaired) electrons. The molecular weight excluding hydrogens is 294 g/mol. The van der Waals surface area contributed by atoms with E-state index < -0.39 is 5.60 Å². The van der Waals surface area contributed by atoms with Gasteiger partial charge in [0.1, 0.15) is 5.60 Å². The lowest BCUT2D eigenvalue weighted by Crippen LogP contribution is -2.50. The molecule has 0 aliphatic carbocycles. The number of amides is 1. The first-order valence-electron chi connectivity index (χ1n) is 8.78. The van der Waals surface area contributed by atoms with Crippen LogP contribution >= 0.6 is 0 Å². The molecule has 1 aliphatic heterocycles. The van der Waals surface area contributed by atoms with Crippen molar-refractivity contribution in [3.63, 3.8) is 0 Å². The quantitative estimate of drug-likeness (QED) is 0.690. The first-order valence-corrected chi connectivity index (χ1v) is 8.78. The van der Waals surface area contributed by atoms with Crippen molar-refractivity contribution in [3.05, 3.63) is 0 Å². The van der Waals surface area contributed by atoms with Crippen molar-refractivity contribution in [2.45, 2.75) is 52.2 Å². The van der Waals surface area contributed by atoms with Crippen LogP contribution in [0.15, 0.2) is 0 Å². The van der Waals surface area contributed by atoms with E-state index in [1.807, 2.05) is 25.7 Å². The minimum Gasteiger partial charge on any atom is -0.444 e. The molecule has 1 amide bonds. The Bertz CT molecular complexity index is 336. The van der Waals surface area contributed by atoms with Crippen LogP contribution in [-0.2, 0) is 9.47 Å². The average Bonchev–Trinajstić information content (AvgIpc) is 2.49. The highest BCUT2D eigenvalue weighted by molar-refractivity contribution is 5.68. The van der Waals surface area contributed by atoms with Crippen LogP contribution in [-0.4, -0.2) is 80.5 Å². The van der Waals surface area contributed by atoms with Crippen LogP contribution in [0, 0.1) is 0 Å². The SMILES string of the molecule is CCC(COC)NCCCN1CCN(C(=O)OC(C)(C)C)CC1. The zero-order chi connectivity index (χ0) is 17.3. The topological polar surface area (TPSA) is 54.0 Å². The monoisotopic (exact) mass is 329 g/mol. The van der Waals surface area contributed by atoms with Crippen LogP contribution in [0.5, 0.6) is 0 Å². The molecule has 0 aromatic carbocycles. The Morgan fingerprint density at radius 1 is 1.22 bits per heavy atom. The van der Waals surface area contributed by atoms with Crippen molar-refractivity contribution < 1.29 is 14.3 Å². The number of methoxy groups -OCH3 is 1. The van der Waals surface area contributed by atoms with E-state index in [-0.39, 0.29) is 6.09 Å². The van der Waals surface area contributed by atoms with E-state index in [0.29, 0.717) is 6.04 Å². The molecule has 6 heteroatoms. The van der Waals surface area contributed by atoms with Gasteiger partial charge in [-0.05, 0) is 46.7 Å². The largest absolute Gasteiger partial charge is 0.444 e. The highest BCUT2D eigenvalue weighted by Gasteiger charge is 2.25. The number of piperazine rings is 1. The minimum absolute atomic E-state index is 0.191. The fourth-order valence-electron chi connectivity index (χ4n) is 2.61. The molecule has 1 heterocycles. The van der Waals surface area contributed by atoms with Gasteiger partial charge in [0.2, 0.25) is 0 Å². The number of hydrogen-bond donors (Lipinski definition) is 1. The molecule has 0 aromatic heterocycles. The number of nitrogens with zero attached hydrogens (tertiary/aromatic N) is 2. The molecule has 1 atom stereocenters. The third-order valence-corrected chi connectivity index (χ3v) is 3.97. The van der Waals surface area contributed by atoms with Gasteiger partial charge in [-0.2, -0.15) is 0 Å². The third kappa shape index (κ3) is 8.53. The van der Waals surface area contributed by atoms with Gasteiger partial charge in [0.15, 0.2) is 0 Å². The van der Waals surface area contributed by atoms with Crippen molar-refractivity contribution in [2.75, 3.05) is 53.0 Å². The summed E-state index contributed by atoms with van der Waals surface area (Å²) in [5, 5.41) is 3.53. The van der Waals surface area contributed by atoms with Gasteiger partial charge < -0.3 is 19.7 Å². The van der Waals surface area contributed by atoms with Gasteiger partial charge in [0.05, 0.1) is 6.61 Å². The average molecular weight is 329 g/mol. The molecule has 1 unspecified atom stereocenters. The normalized spacial score (nSPS) is 18.0. The molecule has 1 rings (SSSR count). The van der Waals surface area contributed by atoms with Crippen LogP contribution < -0.4 is 5.32 Å². The maximum absolute atomic E-state index is 12.0. The minimum atomic E-state index is -0.419. The van der Waals surface area contributed by atoms with Gasteiger partial charge in [-0.15, -0.1) is 0 Å². The Hall–Kier alpha value is -0.850. The summed E-state index contributed by atoms with van der Waals surface area (Å²) in [4.78, 5) is 16.2. The van der Waals surface area contributed by atoms with Gasteiger partial charge in [-0.25, -0.2) is 4.79 Å². The smallest absolute Gasteiger partial charge is 0.410 e. The second-order valence-electron chi connectivity index (χ2n) is 7.18. The van der Waals surface area contributed by atoms with E-state index in [0.717, 1.165) is 58.7 Å². The van der Waals surface area contributed by atoms with Crippen LogP contribution in [0.25, 0.3) is 0 Å². The predicted octanol–water partition coefficient (Wildman–Crippen LogP) is 1.94. The van der Waals surface area contributed by atoms with Gasteiger partial charge in [0.25, 0.3) is 0 Å². The standard InChI is InChI=1S/C17H35N3O3/c1-6-15(14-22-5)18-8-7-9-19-10-12-20(13-11-19)16(21)23-17(2,3)4/h15,18H,6-14H2,1-5H3. The summed E-state index contributed by atoms with van der Waals surface area (Å²) in [6.45, 7) is 14.1. The lowest BCUT2D eigenvalue weighted by Gasteiger charge is -2.35. The molecule has 1 fully saturated rings. The summed E-state index contributed by atoms with van der Waals surface area (Å²) in [6.07, 6.45) is 2.01. The number of nitrogens with one attached hydrogen (secondary N) is 1. The van der Waals surface area contributed by atoms with Crippen molar-refractivity contribution in [2.24, 2.45) is 0 Å². The molecule has 1 aliphatic rings. The zero-order valence-corrected chi connectivity index (χ0v) is 15.6. The summed E-state index contributed by atoms with van der Waals surface area (Å²) < 4.78 is 10.6. The number of carbonyl (C=O) groups is 1. The summed E-state index contributed by atoms with van der Waals surface area (Å²) in [5.41, 5.74) is -0.419. The van der Waals surface area contributed by atoms with Crippen LogP contribution in [0.1, 0.15) is 40.5 Å². The van der Waals surface area contributed by atoms with Crippen LogP contribution in [0.4, 0.5) is 4.79 Å². The maximum Gasteiger partial charge on any atom is 0.410 e. The van der Waals surface area contributed by atoms with Gasteiger partial charge >= 0.3 is 6.09 Å². The van der Waals surface area contributed by atoms with Crippen molar-refractivity contribution >= 4 is 6.09 Å². The number of hydrogen-bond acceptors (Lipinski definition) is 5. The molecule has 1 saturated heterocycles. The second kappa shape index (κ2) is 10.1. The Kier molecular flexibility index (Phi) is 8.87. The first kappa shape index (κ1) is 20.2. The Labute approximate surface area is 141 Å². The molecule has 0 bridgehead atoms. The van der Waals surface area contributed by atoms with Gasteiger partial charge in [-0.3, -0.25) is 4.90 Å². The Morgan fingerprint density at radius 3 is 2.39 bits per heavy atom. The van der Waals surface area contributed by atoms with E-state index in [1.165, 1.54) is 0 Å². The number of carbonyl (C=O) groups excluding carboxylic acids is 1. The summed E-state index contributed by atoms with van der Waals surface area (Å²) in [7, 11) is 1.74. The van der Waals surface area contributed by atoms with Gasteiger partial charge in [-0.1, -0.05) is 6.92 Å². The van der Waals surface area contributed by atoms with Gasteiger partial charge in [0, 0.05) is 39.3 Å². The molecule has 0 spiro atoms. The van der Waals surface area contributed by atoms with Crippen molar-refractivity contribution in [1.82, 2.24) is 15.1 Å². The maximum atomic E-state index is 12.0. The van der Waals surface area contributed by atoms with E-state index in [4.69, 9.17) is 9.47 Å². The lowest BCUT2D eigenvalue weighted by molar-refractivity contribution is 0.0144. The molecule has 136 valence electrons. The molecular formula is C17H35N3O3. The first-order chi connectivity index (χ1) is 10.9. The van der Waals surface area contributed by atoms with E-state index in [2.05, 4.69) is 17.1 Å². The number of ether oxygens (including phenoxy) is 2. The summed E-state index contributed by atoms with van der Waals surface area (Å²) in [6, 6.07) is 0.448. The fourth-order valence-corrected chi connectivity index (χ4v) is 2.61. The Balaban J connectivity index is 2.15. The highest BCUT2D eigenvalue weighted by atomic mass is 16.6. The van der Waals surface area contributed by atoms with Crippen LogP contribution in [0.3, 0.4) is 0 Å². The molecule has 0 saturated carbocycles. The Morgan fingerprint density at radius 2 is 1.87 bits per heavy atom. The van der Waals surface area contributed by atoms with Crippen molar-refractivity contribution in [3.8, 4) is 0 Å². The molecule has 6 nitrogen and oxygen atoms in total. The fraction of sp³-hybridized carbons (Fsp3) is 0.941. The van der Waals surface area contributed by atoms with Crippen molar-refractivity contribution in [1.29, 1.82) is 0 Å². The predicted molar refractivity (Wildman–Crippen MR) is 92.8 cm³/mol. The zero-order valence-electron chi connectivity index (χ0n) is 15.6. The molecule has 1 N–H and O–H groups in total. The highest BCUT2D eigenvalue weighted by Crippen LogP contribution is 2.11. The number of rotatable bonds is 8. The lowest BCUT2D eigenvalue weighted by atomic mass is 10.2. The molecule has 0 aromatic rings. The third-order valence-electron chi connectivity index (χ3n) is 3.97. The molecule has 23 heavy (non-hydrogen) atoms. The van der Waals surface area contributed by atoms with E-state index in [9.17, 15) is 4.79 Å². The van der Waals surface area contributed by atoms with Crippen LogP contribution in [0.2, 0.25) is 0 Å². The summed E-state index contributed by atoms with van der Waals surface area (Å²) in [5.74, 6) is 0. The summed E-state index contributed by atoms with van der Waals surface area (Å²) >= 11 is 0. The van der Waals surface area contributed by atoms with E-state index >= 15 is 0 Å². The van der Waals surface area contributed by atoms with E-state index in [1.54, 1.807) is 7.11 Å².